The summed E-state index contributed by atoms with van der Waals surface area (Å²) in [6, 6.07) is 0.600. The van der Waals surface area contributed by atoms with Crippen molar-refractivity contribution in [2.75, 3.05) is 7.11 Å². The molecule has 4 nitrogen and oxygen atoms in total. The fourth-order valence-corrected chi connectivity index (χ4v) is 1.03. The largest absolute Gasteiger partial charge is 0.464 e. The van der Waals surface area contributed by atoms with E-state index in [1.54, 1.807) is 0 Å². The molecule has 0 unspecified atom stereocenters. The first-order chi connectivity index (χ1) is 7.40. The molecule has 1 rings (SSSR count). The lowest BCUT2D eigenvalue weighted by molar-refractivity contribution is -0.141. The Labute approximate surface area is 89.0 Å². The van der Waals surface area contributed by atoms with Gasteiger partial charge in [-0.1, -0.05) is 5.92 Å². The number of alkyl halides is 3. The standard InChI is InChI=1S/C9H7F3N2O2/c1-3-4-14-6(8(15)16-2)5-7(13-14)9(10,11)12/h1,5H,4H2,2H3. The summed E-state index contributed by atoms with van der Waals surface area (Å²) in [5, 5.41) is 3.19. The first-order valence-electron chi connectivity index (χ1n) is 4.07. The lowest BCUT2D eigenvalue weighted by Crippen LogP contribution is -2.11. The van der Waals surface area contributed by atoms with E-state index in [1.807, 2.05) is 0 Å². The summed E-state index contributed by atoms with van der Waals surface area (Å²) < 4.78 is 42.0. The van der Waals surface area contributed by atoms with Crippen molar-refractivity contribution in [3.8, 4) is 12.3 Å². The van der Waals surface area contributed by atoms with Crippen LogP contribution in [0, 0.1) is 12.3 Å². The summed E-state index contributed by atoms with van der Waals surface area (Å²) in [6.45, 7) is -0.236. The first-order valence-corrected chi connectivity index (χ1v) is 4.07. The number of terminal acetylenes is 1. The number of carbonyl (C=O) groups is 1. The van der Waals surface area contributed by atoms with Crippen molar-refractivity contribution in [1.82, 2.24) is 9.78 Å². The molecule has 0 spiro atoms. The summed E-state index contributed by atoms with van der Waals surface area (Å²) in [4.78, 5) is 11.1. The Morgan fingerprint density at radius 2 is 2.31 bits per heavy atom. The van der Waals surface area contributed by atoms with Gasteiger partial charge in [0.2, 0.25) is 0 Å². The monoisotopic (exact) mass is 232 g/mol. The number of methoxy groups -OCH3 is 1. The van der Waals surface area contributed by atoms with Crippen LogP contribution in [0.2, 0.25) is 0 Å². The zero-order chi connectivity index (χ0) is 12.3. The van der Waals surface area contributed by atoms with Gasteiger partial charge in [0.1, 0.15) is 12.2 Å². The molecule has 86 valence electrons. The van der Waals surface area contributed by atoms with Crippen molar-refractivity contribution in [2.45, 2.75) is 12.7 Å². The Kier molecular flexibility index (Phi) is 3.22. The third-order valence-corrected chi connectivity index (χ3v) is 1.71. The van der Waals surface area contributed by atoms with Crippen LogP contribution in [0.4, 0.5) is 13.2 Å². The van der Waals surface area contributed by atoms with E-state index in [4.69, 9.17) is 6.42 Å². The van der Waals surface area contributed by atoms with E-state index in [2.05, 4.69) is 15.8 Å². The molecular formula is C9H7F3N2O2. The average molecular weight is 232 g/mol. The molecule has 0 amide bonds. The lowest BCUT2D eigenvalue weighted by Gasteiger charge is -2.01. The molecule has 1 aromatic heterocycles. The second kappa shape index (κ2) is 4.26. The van der Waals surface area contributed by atoms with Gasteiger partial charge in [0.05, 0.1) is 7.11 Å². The van der Waals surface area contributed by atoms with Crippen LogP contribution in [0.15, 0.2) is 6.07 Å². The van der Waals surface area contributed by atoms with Gasteiger partial charge in [-0.15, -0.1) is 6.42 Å². The van der Waals surface area contributed by atoms with Crippen LogP contribution in [0.1, 0.15) is 16.2 Å². The molecule has 0 saturated carbocycles. The second-order valence-corrected chi connectivity index (χ2v) is 2.77. The molecule has 0 aliphatic rings. The fraction of sp³-hybridized carbons (Fsp3) is 0.333. The van der Waals surface area contributed by atoms with Gasteiger partial charge >= 0.3 is 12.1 Å². The molecule has 7 heteroatoms. The van der Waals surface area contributed by atoms with Crippen LogP contribution in [0.5, 0.6) is 0 Å². The predicted octanol–water partition coefficient (Wildman–Crippen LogP) is 1.32. The minimum absolute atomic E-state index is 0.236. The SMILES string of the molecule is C#CCn1nc(C(F)(F)F)cc1C(=O)OC. The normalized spacial score (nSPS) is 10.9. The van der Waals surface area contributed by atoms with E-state index in [0.29, 0.717) is 6.07 Å². The van der Waals surface area contributed by atoms with Crippen molar-refractivity contribution < 1.29 is 22.7 Å². The number of hydrogen-bond donors (Lipinski definition) is 0. The highest BCUT2D eigenvalue weighted by atomic mass is 19.4. The maximum Gasteiger partial charge on any atom is 0.435 e. The van der Waals surface area contributed by atoms with Gasteiger partial charge in [-0.05, 0) is 0 Å². The maximum absolute atomic E-state index is 12.3. The summed E-state index contributed by atoms with van der Waals surface area (Å²) in [5.74, 6) is 1.18. The topological polar surface area (TPSA) is 44.1 Å². The van der Waals surface area contributed by atoms with Crippen LogP contribution in [0.3, 0.4) is 0 Å². The van der Waals surface area contributed by atoms with Crippen molar-refractivity contribution in [2.24, 2.45) is 0 Å². The molecule has 0 aliphatic carbocycles. The Hall–Kier alpha value is -1.97. The Morgan fingerprint density at radius 1 is 1.69 bits per heavy atom. The van der Waals surface area contributed by atoms with Gasteiger partial charge < -0.3 is 4.74 Å². The minimum atomic E-state index is -4.62. The molecule has 0 fully saturated rings. The van der Waals surface area contributed by atoms with Gasteiger partial charge in [-0.2, -0.15) is 18.3 Å². The number of halogens is 3. The Balaban J connectivity index is 3.21. The third-order valence-electron chi connectivity index (χ3n) is 1.71. The molecule has 0 atom stereocenters. The van der Waals surface area contributed by atoms with Crippen LogP contribution < -0.4 is 0 Å². The second-order valence-electron chi connectivity index (χ2n) is 2.77. The van der Waals surface area contributed by atoms with Crippen molar-refractivity contribution in [3.05, 3.63) is 17.5 Å². The van der Waals surface area contributed by atoms with Gasteiger partial charge in [-0.3, -0.25) is 0 Å². The van der Waals surface area contributed by atoms with Crippen LogP contribution in [-0.2, 0) is 17.5 Å². The Bertz CT molecular complexity index is 443. The molecule has 0 saturated heterocycles. The fourth-order valence-electron chi connectivity index (χ4n) is 1.03. The highest BCUT2D eigenvalue weighted by Crippen LogP contribution is 2.28. The van der Waals surface area contributed by atoms with E-state index in [-0.39, 0.29) is 12.2 Å². The number of ether oxygens (including phenoxy) is 1. The van der Waals surface area contributed by atoms with E-state index < -0.39 is 17.8 Å². The van der Waals surface area contributed by atoms with Crippen molar-refractivity contribution >= 4 is 5.97 Å². The number of rotatable bonds is 2. The highest BCUT2D eigenvalue weighted by Gasteiger charge is 2.35. The molecule has 0 aromatic carbocycles. The zero-order valence-corrected chi connectivity index (χ0v) is 8.21. The molecular weight excluding hydrogens is 225 g/mol. The number of nitrogens with zero attached hydrogens (tertiary/aromatic N) is 2. The van der Waals surface area contributed by atoms with Gasteiger partial charge in [0.15, 0.2) is 5.69 Å². The van der Waals surface area contributed by atoms with E-state index >= 15 is 0 Å². The van der Waals surface area contributed by atoms with E-state index in [0.717, 1.165) is 11.8 Å². The number of carbonyl (C=O) groups excluding carboxylic acids is 1. The molecule has 1 heterocycles. The molecule has 16 heavy (non-hydrogen) atoms. The van der Waals surface area contributed by atoms with Crippen LogP contribution in [0.25, 0.3) is 0 Å². The summed E-state index contributed by atoms with van der Waals surface area (Å²) in [5.41, 5.74) is -1.50. The number of aromatic nitrogens is 2. The smallest absolute Gasteiger partial charge is 0.435 e. The lowest BCUT2D eigenvalue weighted by atomic mass is 10.3. The average Bonchev–Trinajstić information content (AvgIpc) is 2.61. The number of hydrogen-bond acceptors (Lipinski definition) is 3. The molecule has 0 bridgehead atoms. The van der Waals surface area contributed by atoms with Gasteiger partial charge in [-0.25, -0.2) is 9.48 Å². The van der Waals surface area contributed by atoms with E-state index in [1.165, 1.54) is 0 Å². The van der Waals surface area contributed by atoms with Crippen molar-refractivity contribution in [3.63, 3.8) is 0 Å². The Morgan fingerprint density at radius 3 is 2.75 bits per heavy atom. The predicted molar refractivity (Wildman–Crippen MR) is 47.4 cm³/mol. The van der Waals surface area contributed by atoms with Gasteiger partial charge in [0, 0.05) is 6.07 Å². The summed E-state index contributed by atoms with van der Waals surface area (Å²) in [7, 11) is 1.06. The van der Waals surface area contributed by atoms with E-state index in [9.17, 15) is 18.0 Å². The maximum atomic E-state index is 12.3. The summed E-state index contributed by atoms with van der Waals surface area (Å²) >= 11 is 0. The van der Waals surface area contributed by atoms with Gasteiger partial charge in [0.25, 0.3) is 0 Å². The number of esters is 1. The third kappa shape index (κ3) is 2.34. The molecule has 0 radical (unpaired) electrons. The first kappa shape index (κ1) is 12.1. The van der Waals surface area contributed by atoms with Crippen LogP contribution in [-0.4, -0.2) is 22.9 Å². The molecule has 0 N–H and O–H groups in total. The van der Waals surface area contributed by atoms with Crippen molar-refractivity contribution in [1.29, 1.82) is 0 Å². The zero-order valence-electron chi connectivity index (χ0n) is 8.21. The minimum Gasteiger partial charge on any atom is -0.464 e. The highest BCUT2D eigenvalue weighted by molar-refractivity contribution is 5.87. The molecule has 1 aromatic rings. The summed E-state index contributed by atoms with van der Waals surface area (Å²) in [6.07, 6.45) is 0.323. The molecule has 0 aliphatic heterocycles. The van der Waals surface area contributed by atoms with Crippen LogP contribution >= 0.6 is 0 Å². The quantitative estimate of drug-likeness (QED) is 0.570.